The average Bonchev–Trinajstić information content (AvgIpc) is 2.48. The zero-order chi connectivity index (χ0) is 16.5. The number of carbonyl (C=O) groups is 3. The number of carboxylic acids is 1. The number of carbonyl (C=O) groups excluding carboxylic acids is 2. The molecule has 10 nitrogen and oxygen atoms in total. The molecule has 0 saturated carbocycles. The number of azide groups is 1. The van der Waals surface area contributed by atoms with Gasteiger partial charge in [0.2, 0.25) is 0 Å². The maximum atomic E-state index is 12.3. The van der Waals surface area contributed by atoms with E-state index in [9.17, 15) is 19.5 Å². The lowest BCUT2D eigenvalue weighted by molar-refractivity contribution is -0.182. The van der Waals surface area contributed by atoms with Crippen LogP contribution in [-0.4, -0.2) is 58.4 Å². The second-order valence-electron chi connectivity index (χ2n) is 4.47. The Morgan fingerprint density at radius 1 is 1.64 bits per heavy atom. The van der Waals surface area contributed by atoms with Crippen LogP contribution in [0.5, 0.6) is 0 Å². The minimum Gasteiger partial charge on any atom is -0.477 e. The summed E-state index contributed by atoms with van der Waals surface area (Å²) in [4.78, 5) is 38.2. The van der Waals surface area contributed by atoms with Gasteiger partial charge in [-0.2, -0.15) is 0 Å². The fourth-order valence-corrected chi connectivity index (χ4v) is 3.66. The van der Waals surface area contributed by atoms with E-state index in [2.05, 4.69) is 10.0 Å². The molecule has 0 radical (unpaired) electrons. The van der Waals surface area contributed by atoms with Crippen molar-refractivity contribution in [3.05, 3.63) is 21.7 Å². The van der Waals surface area contributed by atoms with E-state index in [-0.39, 0.29) is 18.1 Å². The second-order valence-corrected chi connectivity index (χ2v) is 5.53. The number of methoxy groups -OCH3 is 1. The molecule has 0 spiro atoms. The van der Waals surface area contributed by atoms with Crippen LogP contribution >= 0.6 is 11.8 Å². The third-order valence-corrected chi connectivity index (χ3v) is 4.60. The SMILES string of the molecule is COC1(N=[N+]=[N-])C(=O)N2C(C(=O)O)=C(COC(C)=O)CS[C@@H]21. The molecular formula is C11H12N4O6S. The van der Waals surface area contributed by atoms with Gasteiger partial charge in [0, 0.05) is 30.3 Å². The van der Waals surface area contributed by atoms with Gasteiger partial charge in [0.25, 0.3) is 11.6 Å². The average molecular weight is 328 g/mol. The smallest absolute Gasteiger partial charge is 0.352 e. The van der Waals surface area contributed by atoms with Crippen LogP contribution < -0.4 is 0 Å². The van der Waals surface area contributed by atoms with Gasteiger partial charge in [-0.25, -0.2) is 4.79 Å². The lowest BCUT2D eigenvalue weighted by Gasteiger charge is -2.53. The van der Waals surface area contributed by atoms with E-state index in [4.69, 9.17) is 15.0 Å². The summed E-state index contributed by atoms with van der Waals surface area (Å²) in [7, 11) is 1.21. The standard InChI is InChI=1S/C11H12N4O6S/c1-5(16)21-3-6-4-22-10-11(20-2,13-14-12)9(19)15(10)7(6)8(17)18/h10H,3-4H2,1-2H3,(H,17,18)/t10-,11?/m1/s1. The van der Waals surface area contributed by atoms with Gasteiger partial charge in [-0.1, -0.05) is 0 Å². The number of fused-ring (bicyclic) bond motifs is 1. The molecule has 1 N–H and O–H groups in total. The molecule has 1 fully saturated rings. The van der Waals surface area contributed by atoms with Gasteiger partial charge in [0.05, 0.1) is 0 Å². The number of hydrogen-bond acceptors (Lipinski definition) is 7. The number of esters is 1. The normalized spacial score (nSPS) is 26.7. The first-order valence-corrected chi connectivity index (χ1v) is 7.09. The molecule has 0 aromatic heterocycles. The number of hydrogen-bond donors (Lipinski definition) is 1. The van der Waals surface area contributed by atoms with Crippen molar-refractivity contribution >= 4 is 29.6 Å². The van der Waals surface area contributed by atoms with E-state index < -0.39 is 28.9 Å². The maximum Gasteiger partial charge on any atom is 0.352 e. The van der Waals surface area contributed by atoms with Crippen molar-refractivity contribution in [3.8, 4) is 0 Å². The summed E-state index contributed by atoms with van der Waals surface area (Å²) in [5.41, 5.74) is 6.87. The number of ether oxygens (including phenoxy) is 2. The summed E-state index contributed by atoms with van der Waals surface area (Å²) >= 11 is 1.17. The minimum atomic E-state index is -1.74. The predicted octanol–water partition coefficient (Wildman–Crippen LogP) is 0.456. The molecule has 22 heavy (non-hydrogen) atoms. The third kappa shape index (κ3) is 2.28. The molecule has 2 rings (SSSR count). The molecule has 11 heteroatoms. The fraction of sp³-hybridized carbons (Fsp3) is 0.545. The van der Waals surface area contributed by atoms with Crippen LogP contribution in [0.25, 0.3) is 10.4 Å². The van der Waals surface area contributed by atoms with Gasteiger partial charge in [-0.3, -0.25) is 14.5 Å². The fourth-order valence-electron chi connectivity index (χ4n) is 2.26. The van der Waals surface area contributed by atoms with Crippen molar-refractivity contribution in [3.63, 3.8) is 0 Å². The van der Waals surface area contributed by atoms with Gasteiger partial charge in [0.1, 0.15) is 17.7 Å². The summed E-state index contributed by atoms with van der Waals surface area (Å²) in [6.07, 6.45) is 0. The van der Waals surface area contributed by atoms with Crippen molar-refractivity contribution in [2.45, 2.75) is 18.0 Å². The van der Waals surface area contributed by atoms with E-state index in [0.29, 0.717) is 5.57 Å². The maximum absolute atomic E-state index is 12.3. The molecule has 1 saturated heterocycles. The van der Waals surface area contributed by atoms with Crippen molar-refractivity contribution in [1.29, 1.82) is 0 Å². The summed E-state index contributed by atoms with van der Waals surface area (Å²) in [6, 6.07) is 0. The first kappa shape index (κ1) is 16.1. The molecule has 118 valence electrons. The van der Waals surface area contributed by atoms with Crippen molar-refractivity contribution in [2.24, 2.45) is 5.11 Å². The zero-order valence-electron chi connectivity index (χ0n) is 11.7. The molecule has 2 heterocycles. The van der Waals surface area contributed by atoms with Gasteiger partial charge in [0.15, 0.2) is 0 Å². The summed E-state index contributed by atoms with van der Waals surface area (Å²) in [6.45, 7) is 0.980. The largest absolute Gasteiger partial charge is 0.477 e. The van der Waals surface area contributed by atoms with Crippen molar-refractivity contribution in [1.82, 2.24) is 4.90 Å². The molecule has 1 unspecified atom stereocenters. The van der Waals surface area contributed by atoms with Crippen LogP contribution in [0.4, 0.5) is 0 Å². The van der Waals surface area contributed by atoms with Gasteiger partial charge in [-0.15, -0.1) is 11.8 Å². The number of β-lactam (4-membered cyclic amide) rings is 1. The van der Waals surface area contributed by atoms with Crippen LogP contribution in [0.3, 0.4) is 0 Å². The van der Waals surface area contributed by atoms with E-state index in [1.54, 1.807) is 0 Å². The lowest BCUT2D eigenvalue weighted by Crippen LogP contribution is -2.73. The van der Waals surface area contributed by atoms with Gasteiger partial charge in [-0.05, 0) is 10.6 Å². The second kappa shape index (κ2) is 5.87. The molecular weight excluding hydrogens is 316 g/mol. The number of thioether (sulfide) groups is 1. The predicted molar refractivity (Wildman–Crippen MR) is 73.3 cm³/mol. The Morgan fingerprint density at radius 3 is 2.82 bits per heavy atom. The van der Waals surface area contributed by atoms with Crippen LogP contribution in [-0.2, 0) is 23.9 Å². The van der Waals surface area contributed by atoms with Crippen LogP contribution in [0.1, 0.15) is 6.92 Å². The Hall–Kier alpha value is -2.23. The Balaban J connectivity index is 2.38. The van der Waals surface area contributed by atoms with Crippen molar-refractivity contribution < 1.29 is 29.0 Å². The highest BCUT2D eigenvalue weighted by Gasteiger charge is 2.65. The monoisotopic (exact) mass is 328 g/mol. The van der Waals surface area contributed by atoms with Crippen LogP contribution in [0, 0.1) is 0 Å². The van der Waals surface area contributed by atoms with E-state index in [0.717, 1.165) is 4.90 Å². The minimum absolute atomic E-state index is 0.204. The summed E-state index contributed by atoms with van der Waals surface area (Å²) in [5.74, 6) is -2.44. The van der Waals surface area contributed by atoms with Gasteiger partial charge >= 0.3 is 11.9 Å². The number of carboxylic acid groups (broad SMARTS) is 1. The number of aliphatic carboxylic acids is 1. The highest BCUT2D eigenvalue weighted by molar-refractivity contribution is 8.00. The third-order valence-electron chi connectivity index (χ3n) is 3.24. The number of nitrogens with zero attached hydrogens (tertiary/aromatic N) is 4. The Labute approximate surface area is 128 Å². The van der Waals surface area contributed by atoms with E-state index in [1.807, 2.05) is 0 Å². The Morgan fingerprint density at radius 2 is 2.32 bits per heavy atom. The quantitative estimate of drug-likeness (QED) is 0.254. The number of rotatable bonds is 5. The van der Waals surface area contributed by atoms with Gasteiger partial charge < -0.3 is 14.6 Å². The molecule has 2 aliphatic heterocycles. The van der Waals surface area contributed by atoms with Crippen LogP contribution in [0.2, 0.25) is 0 Å². The first-order valence-electron chi connectivity index (χ1n) is 6.04. The topological polar surface area (TPSA) is 142 Å². The Kier molecular flexibility index (Phi) is 4.31. The van der Waals surface area contributed by atoms with Crippen LogP contribution in [0.15, 0.2) is 16.4 Å². The highest BCUT2D eigenvalue weighted by atomic mass is 32.2. The molecule has 2 aliphatic rings. The summed E-state index contributed by atoms with van der Waals surface area (Å²) in [5, 5.41) is 12.0. The number of amides is 1. The zero-order valence-corrected chi connectivity index (χ0v) is 12.5. The molecule has 0 aromatic rings. The van der Waals surface area contributed by atoms with Crippen molar-refractivity contribution in [2.75, 3.05) is 19.5 Å². The lowest BCUT2D eigenvalue weighted by atomic mass is 9.99. The Bertz CT molecular complexity index is 628. The summed E-state index contributed by atoms with van der Waals surface area (Å²) < 4.78 is 9.83. The molecule has 0 bridgehead atoms. The first-order chi connectivity index (χ1) is 10.4. The molecule has 1 amide bonds. The van der Waals surface area contributed by atoms with E-state index in [1.165, 1.54) is 25.8 Å². The van der Waals surface area contributed by atoms with E-state index >= 15 is 0 Å². The molecule has 2 atom stereocenters. The highest BCUT2D eigenvalue weighted by Crippen LogP contribution is 2.48. The molecule has 0 aromatic carbocycles. The molecule has 0 aliphatic carbocycles.